The Bertz CT molecular complexity index is 282. The van der Waals surface area contributed by atoms with Crippen LogP contribution in [0.1, 0.15) is 0 Å². The predicted octanol–water partition coefficient (Wildman–Crippen LogP) is 1.57. The van der Waals surface area contributed by atoms with Gasteiger partial charge in [0.2, 0.25) is 5.95 Å². The fourth-order valence-corrected chi connectivity index (χ4v) is 0.932. The molecule has 0 aromatic rings. The maximum Gasteiger partial charge on any atom is 0.566 e. The number of rotatable bonds is 1. The lowest BCUT2D eigenvalue weighted by atomic mass is 9.72. The fraction of sp³-hybridized carbons (Fsp3) is 0. The van der Waals surface area contributed by atoms with E-state index in [0.29, 0.717) is 0 Å². The van der Waals surface area contributed by atoms with Crippen LogP contribution in [0, 0.1) is 0 Å². The molecule has 1 heterocycles. The Morgan fingerprint density at radius 3 is 1.44 bits per heavy atom. The summed E-state index contributed by atoms with van der Waals surface area (Å²) in [5, 5.41) is 0. The highest BCUT2D eigenvalue weighted by Gasteiger charge is 2.61. The molecule has 0 saturated carbocycles. The Labute approximate surface area is 84.6 Å². The average Bonchev–Trinajstić information content (AvgIpc) is 2.23. The molecule has 1 saturated heterocycles. The Hall–Kier alpha value is -0.905. The summed E-state index contributed by atoms with van der Waals surface area (Å²) in [6.07, 6.45) is -3.20. The maximum absolute atomic E-state index is 12.7. The molecule has 16 heavy (non-hydrogen) atoms. The third-order valence-electron chi connectivity index (χ3n) is 1.66. The van der Waals surface area contributed by atoms with Crippen LogP contribution in [0.15, 0.2) is 12.0 Å². The Morgan fingerprint density at radius 1 is 0.750 bits per heavy atom. The van der Waals surface area contributed by atoms with Gasteiger partial charge in [-0.25, -0.2) is 0 Å². The van der Waals surface area contributed by atoms with E-state index < -0.39 is 48.4 Å². The minimum atomic E-state index is -3.56. The van der Waals surface area contributed by atoms with Gasteiger partial charge in [0.25, 0.3) is 0 Å². The molecule has 3 nitrogen and oxygen atoms in total. The van der Waals surface area contributed by atoms with Crippen LogP contribution in [0.2, 0.25) is 0 Å². The normalized spacial score (nSPS) is 19.5. The van der Waals surface area contributed by atoms with Gasteiger partial charge >= 0.3 is 27.9 Å². The van der Waals surface area contributed by atoms with E-state index in [2.05, 4.69) is 0 Å². The van der Waals surface area contributed by atoms with Gasteiger partial charge < -0.3 is 4.72 Å². The van der Waals surface area contributed by atoms with Crippen molar-refractivity contribution in [3.8, 4) is 0 Å². The molecule has 0 radical (unpaired) electrons. The third kappa shape index (κ3) is 1.98. The summed E-state index contributed by atoms with van der Waals surface area (Å²) in [5.41, 5.74) is 0. The van der Waals surface area contributed by atoms with Gasteiger partial charge in [0, 0.05) is 0 Å². The molecule has 0 aromatic heterocycles. The highest BCUT2D eigenvalue weighted by atomic mass is 19.3. The van der Waals surface area contributed by atoms with Gasteiger partial charge in [-0.15, -0.1) is 9.89 Å². The number of nitrogens with zero attached hydrogens (tertiary/aromatic N) is 3. The quantitative estimate of drug-likeness (QED) is 0.303. The number of hydrogen-bond donors (Lipinski definition) is 0. The second-order valence-corrected chi connectivity index (χ2v) is 2.58. The van der Waals surface area contributed by atoms with E-state index in [0.717, 1.165) is 0 Å². The molecule has 14 heteroatoms. The number of hydrogen-bond acceptors (Lipinski definition) is 3. The van der Waals surface area contributed by atoms with Crippen molar-refractivity contribution in [1.82, 2.24) is 14.6 Å². The van der Waals surface area contributed by atoms with Gasteiger partial charge in [-0.05, 0) is 0 Å². The summed E-state index contributed by atoms with van der Waals surface area (Å²) in [6.45, 7) is 0. The number of halogens is 8. The highest BCUT2D eigenvalue weighted by molar-refractivity contribution is 6.78. The molecule has 0 spiro atoms. The molecule has 1 fully saturated rings. The second kappa shape index (κ2) is 4.53. The minimum Gasteiger partial charge on any atom is -0.344 e. The van der Waals surface area contributed by atoms with E-state index in [1.54, 1.807) is 0 Å². The van der Waals surface area contributed by atoms with E-state index in [1.807, 2.05) is 0 Å². The smallest absolute Gasteiger partial charge is 0.344 e. The van der Waals surface area contributed by atoms with Crippen LogP contribution in [0.3, 0.4) is 0 Å². The Morgan fingerprint density at radius 2 is 1.12 bits per heavy atom. The summed E-state index contributed by atoms with van der Waals surface area (Å²) in [4.78, 5) is -3.22. The molecule has 0 atom stereocenters. The lowest BCUT2D eigenvalue weighted by molar-refractivity contribution is 0.0977. The minimum absolute atomic E-state index is 1.24. The first-order valence-electron chi connectivity index (χ1n) is 3.58. The lowest BCUT2D eigenvalue weighted by Crippen LogP contribution is -2.69. The molecular weight excluding hydrogens is 250 g/mol. The van der Waals surface area contributed by atoms with Crippen LogP contribution < -0.4 is 0 Å². The fourth-order valence-electron chi connectivity index (χ4n) is 0.932. The zero-order valence-electron chi connectivity index (χ0n) is 7.10. The highest BCUT2D eigenvalue weighted by Crippen LogP contribution is 2.28. The maximum atomic E-state index is 12.7. The second-order valence-electron chi connectivity index (χ2n) is 2.58. The van der Waals surface area contributed by atoms with Crippen molar-refractivity contribution in [1.29, 1.82) is 0 Å². The zero-order valence-corrected chi connectivity index (χ0v) is 7.10. The summed E-state index contributed by atoms with van der Waals surface area (Å²) in [5.74, 6) is -2.84. The van der Waals surface area contributed by atoms with E-state index in [1.165, 1.54) is 0 Å². The van der Waals surface area contributed by atoms with Crippen molar-refractivity contribution in [2.75, 3.05) is 0 Å². The first-order chi connectivity index (χ1) is 7.29. The van der Waals surface area contributed by atoms with E-state index in [-0.39, 0.29) is 0 Å². The largest absolute Gasteiger partial charge is 0.566 e. The molecule has 0 unspecified atom stereocenters. The molecule has 1 aliphatic heterocycles. The molecule has 0 bridgehead atoms. The van der Waals surface area contributed by atoms with Crippen molar-refractivity contribution in [3.05, 3.63) is 12.0 Å². The Kier molecular flexibility index (Phi) is 3.73. The van der Waals surface area contributed by atoms with Gasteiger partial charge in [-0.3, -0.25) is 12.9 Å². The van der Waals surface area contributed by atoms with Crippen molar-refractivity contribution < 1.29 is 35.1 Å². The Balaban J connectivity index is 3.05. The standard InChI is InChI=1S/C2B3F8N3/c6-1(7)2(8)14-3(9)15(12)5(11)16(13)4(14)10. The summed E-state index contributed by atoms with van der Waals surface area (Å²) in [6, 6.07) is 0. The summed E-state index contributed by atoms with van der Waals surface area (Å²) in [7, 11) is -10.6. The molecule has 88 valence electrons. The predicted molar refractivity (Wildman–Crippen MR) is 38.7 cm³/mol. The van der Waals surface area contributed by atoms with E-state index >= 15 is 0 Å². The molecule has 0 amide bonds. The van der Waals surface area contributed by atoms with E-state index in [9.17, 15) is 35.1 Å². The van der Waals surface area contributed by atoms with Crippen LogP contribution in [-0.4, -0.2) is 36.4 Å². The van der Waals surface area contributed by atoms with E-state index in [4.69, 9.17) is 0 Å². The molecule has 1 aliphatic rings. The van der Waals surface area contributed by atoms with Crippen LogP contribution in [0.4, 0.5) is 35.1 Å². The summed E-state index contributed by atoms with van der Waals surface area (Å²) >= 11 is 0. The average molecular weight is 250 g/mol. The zero-order chi connectivity index (χ0) is 12.6. The van der Waals surface area contributed by atoms with Crippen LogP contribution in [0.5, 0.6) is 0 Å². The molecule has 1 rings (SSSR count). The van der Waals surface area contributed by atoms with Gasteiger partial charge in [0.05, 0.1) is 0 Å². The van der Waals surface area contributed by atoms with Crippen molar-refractivity contribution in [3.63, 3.8) is 0 Å². The van der Waals surface area contributed by atoms with Gasteiger partial charge in [-0.1, -0.05) is 0 Å². The topological polar surface area (TPSA) is 9.72 Å². The van der Waals surface area contributed by atoms with Crippen LogP contribution in [-0.2, 0) is 0 Å². The monoisotopic (exact) mass is 251 g/mol. The van der Waals surface area contributed by atoms with Gasteiger partial charge in [-0.2, -0.15) is 22.1 Å². The molecule has 0 aliphatic carbocycles. The first-order valence-corrected chi connectivity index (χ1v) is 3.58. The third-order valence-corrected chi connectivity index (χ3v) is 1.66. The van der Waals surface area contributed by atoms with Gasteiger partial charge in [0.1, 0.15) is 0 Å². The molecule has 0 aromatic carbocycles. The summed E-state index contributed by atoms with van der Waals surface area (Å²) < 4.78 is 97.2. The lowest BCUT2D eigenvalue weighted by Gasteiger charge is -2.35. The van der Waals surface area contributed by atoms with Crippen LogP contribution >= 0.6 is 0 Å². The first kappa shape index (κ1) is 13.2. The molecule has 0 N–H and O–H groups in total. The van der Waals surface area contributed by atoms with Crippen molar-refractivity contribution in [2.45, 2.75) is 0 Å². The van der Waals surface area contributed by atoms with Crippen molar-refractivity contribution in [2.24, 2.45) is 0 Å². The van der Waals surface area contributed by atoms with Crippen LogP contribution in [0.25, 0.3) is 0 Å². The van der Waals surface area contributed by atoms with Crippen molar-refractivity contribution >= 4 is 21.8 Å². The van der Waals surface area contributed by atoms with Gasteiger partial charge in [0.15, 0.2) is 0 Å². The SMILES string of the molecule is FB1N(F)B(F)N(C(F)=C(F)F)B(F)N1F. The molecular formula is C2B3F8N3.